The molecular weight excluding hydrogens is 141 g/mol. The molecule has 0 aliphatic rings. The number of hydrogen-bond acceptors (Lipinski definition) is 1. The Morgan fingerprint density at radius 3 is 2.91 bits per heavy atom. The molecule has 1 rings (SSSR count). The number of rotatable bonds is 2. The average Bonchev–Trinajstić information content (AvgIpc) is 1.98. The fourth-order valence-electron chi connectivity index (χ4n) is 0.860. The van der Waals surface area contributed by atoms with Gasteiger partial charge in [0.25, 0.3) is 0 Å². The molecule has 0 radical (unpaired) electrons. The van der Waals surface area contributed by atoms with Gasteiger partial charge in [0.1, 0.15) is 5.82 Å². The molecule has 1 aromatic rings. The Bertz CT molecular complexity index is 268. The largest absolute Gasteiger partial charge is 0.362 e. The fraction of sp³-hybridized carbons (Fsp3) is 0.111. The van der Waals surface area contributed by atoms with Crippen LogP contribution in [0.3, 0.4) is 0 Å². The van der Waals surface area contributed by atoms with Crippen LogP contribution in [0.4, 0.5) is 10.1 Å². The highest BCUT2D eigenvalue weighted by Gasteiger charge is 1.96. The van der Waals surface area contributed by atoms with Crippen LogP contribution < -0.4 is 5.32 Å². The van der Waals surface area contributed by atoms with E-state index >= 15 is 0 Å². The van der Waals surface area contributed by atoms with Gasteiger partial charge in [-0.25, -0.2) is 4.39 Å². The molecule has 0 aromatic heterocycles. The first-order chi connectivity index (χ1) is 5.24. The van der Waals surface area contributed by atoms with Gasteiger partial charge >= 0.3 is 0 Å². The second kappa shape index (κ2) is 3.19. The zero-order valence-corrected chi connectivity index (χ0v) is 6.39. The zero-order chi connectivity index (χ0) is 8.27. The third-order valence-corrected chi connectivity index (χ3v) is 1.46. The Balaban J connectivity index is 3.01. The van der Waals surface area contributed by atoms with E-state index in [-0.39, 0.29) is 5.82 Å². The summed E-state index contributed by atoms with van der Waals surface area (Å²) in [6, 6.07) is 4.60. The lowest BCUT2D eigenvalue weighted by Crippen LogP contribution is -1.90. The summed E-state index contributed by atoms with van der Waals surface area (Å²) in [6.45, 7) is 5.40. The van der Waals surface area contributed by atoms with Crippen molar-refractivity contribution in [3.63, 3.8) is 0 Å². The summed E-state index contributed by atoms with van der Waals surface area (Å²) in [7, 11) is 0. The smallest absolute Gasteiger partial charge is 0.125 e. The van der Waals surface area contributed by atoms with E-state index in [4.69, 9.17) is 0 Å². The minimum atomic E-state index is -0.236. The molecule has 58 valence electrons. The normalized spacial score (nSPS) is 9.27. The van der Waals surface area contributed by atoms with Gasteiger partial charge in [-0.2, -0.15) is 0 Å². The first-order valence-corrected chi connectivity index (χ1v) is 3.37. The predicted molar refractivity (Wildman–Crippen MR) is 45.0 cm³/mol. The summed E-state index contributed by atoms with van der Waals surface area (Å²) in [5.41, 5.74) is 1.77. The number of anilines is 1. The monoisotopic (exact) mass is 151 g/mol. The molecule has 0 aliphatic carbocycles. The SMILES string of the molecule is C=CNc1cc(F)ccc1C. The van der Waals surface area contributed by atoms with Crippen LogP contribution >= 0.6 is 0 Å². The van der Waals surface area contributed by atoms with Crippen LogP contribution in [0.15, 0.2) is 31.0 Å². The van der Waals surface area contributed by atoms with E-state index < -0.39 is 0 Å². The summed E-state index contributed by atoms with van der Waals surface area (Å²) in [6.07, 6.45) is 1.53. The molecule has 0 atom stereocenters. The van der Waals surface area contributed by atoms with Gasteiger partial charge in [-0.3, -0.25) is 0 Å². The van der Waals surface area contributed by atoms with Crippen molar-refractivity contribution in [3.05, 3.63) is 42.4 Å². The van der Waals surface area contributed by atoms with Gasteiger partial charge < -0.3 is 5.32 Å². The molecular formula is C9H10FN. The molecule has 0 aliphatic heterocycles. The van der Waals surface area contributed by atoms with Crippen LogP contribution in [0.25, 0.3) is 0 Å². The molecule has 0 saturated heterocycles. The Labute approximate surface area is 65.6 Å². The quantitative estimate of drug-likeness (QED) is 0.685. The van der Waals surface area contributed by atoms with Crippen LogP contribution in [0.5, 0.6) is 0 Å². The van der Waals surface area contributed by atoms with E-state index in [1.807, 2.05) is 6.92 Å². The van der Waals surface area contributed by atoms with E-state index in [0.29, 0.717) is 0 Å². The van der Waals surface area contributed by atoms with Crippen LogP contribution in [0.2, 0.25) is 0 Å². The summed E-state index contributed by atoms with van der Waals surface area (Å²) in [5.74, 6) is -0.236. The second-order valence-corrected chi connectivity index (χ2v) is 2.31. The molecule has 0 bridgehead atoms. The van der Waals surface area contributed by atoms with Crippen molar-refractivity contribution < 1.29 is 4.39 Å². The van der Waals surface area contributed by atoms with Crippen molar-refractivity contribution in [3.8, 4) is 0 Å². The fourth-order valence-corrected chi connectivity index (χ4v) is 0.860. The van der Waals surface area contributed by atoms with Crippen molar-refractivity contribution in [1.82, 2.24) is 0 Å². The zero-order valence-electron chi connectivity index (χ0n) is 6.39. The first kappa shape index (κ1) is 7.79. The highest BCUT2D eigenvalue weighted by atomic mass is 19.1. The highest BCUT2D eigenvalue weighted by Crippen LogP contribution is 2.15. The number of hydrogen-bond donors (Lipinski definition) is 1. The van der Waals surface area contributed by atoms with Gasteiger partial charge in [0.2, 0.25) is 0 Å². The Morgan fingerprint density at radius 1 is 1.55 bits per heavy atom. The molecule has 2 heteroatoms. The van der Waals surface area contributed by atoms with Crippen molar-refractivity contribution in [1.29, 1.82) is 0 Å². The van der Waals surface area contributed by atoms with E-state index in [1.165, 1.54) is 18.3 Å². The van der Waals surface area contributed by atoms with Crippen LogP contribution in [-0.4, -0.2) is 0 Å². The van der Waals surface area contributed by atoms with Gasteiger partial charge in [0.15, 0.2) is 0 Å². The number of nitrogens with one attached hydrogen (secondary N) is 1. The molecule has 0 heterocycles. The summed E-state index contributed by atoms with van der Waals surface area (Å²) < 4.78 is 12.6. The Kier molecular flexibility index (Phi) is 2.26. The third kappa shape index (κ3) is 1.80. The molecule has 11 heavy (non-hydrogen) atoms. The van der Waals surface area contributed by atoms with Crippen molar-refractivity contribution in [2.24, 2.45) is 0 Å². The van der Waals surface area contributed by atoms with Crippen molar-refractivity contribution in [2.45, 2.75) is 6.92 Å². The number of halogens is 1. The van der Waals surface area contributed by atoms with Crippen LogP contribution in [0.1, 0.15) is 5.56 Å². The maximum Gasteiger partial charge on any atom is 0.125 e. The molecule has 1 nitrogen and oxygen atoms in total. The Hall–Kier alpha value is -1.31. The summed E-state index contributed by atoms with van der Waals surface area (Å²) in [4.78, 5) is 0. The maximum absolute atomic E-state index is 12.6. The molecule has 1 aromatic carbocycles. The first-order valence-electron chi connectivity index (χ1n) is 3.37. The molecule has 0 spiro atoms. The second-order valence-electron chi connectivity index (χ2n) is 2.31. The molecule has 0 amide bonds. The lowest BCUT2D eigenvalue weighted by Gasteiger charge is -2.03. The number of benzene rings is 1. The number of aryl methyl sites for hydroxylation is 1. The van der Waals surface area contributed by atoms with Crippen molar-refractivity contribution >= 4 is 5.69 Å². The average molecular weight is 151 g/mol. The highest BCUT2D eigenvalue weighted by molar-refractivity contribution is 5.52. The molecule has 0 saturated carbocycles. The van der Waals surface area contributed by atoms with E-state index in [1.54, 1.807) is 6.07 Å². The van der Waals surface area contributed by atoms with Gasteiger partial charge in [0, 0.05) is 5.69 Å². The molecule has 0 unspecified atom stereocenters. The van der Waals surface area contributed by atoms with Crippen LogP contribution in [0, 0.1) is 12.7 Å². The predicted octanol–water partition coefficient (Wildman–Crippen LogP) is 2.69. The lowest BCUT2D eigenvalue weighted by molar-refractivity contribution is 0.628. The topological polar surface area (TPSA) is 12.0 Å². The summed E-state index contributed by atoms with van der Waals surface area (Å²) in [5, 5.41) is 2.84. The maximum atomic E-state index is 12.6. The van der Waals surface area contributed by atoms with E-state index in [0.717, 1.165) is 11.3 Å². The van der Waals surface area contributed by atoms with Gasteiger partial charge in [-0.1, -0.05) is 12.6 Å². The Morgan fingerprint density at radius 2 is 2.27 bits per heavy atom. The molecule has 0 fully saturated rings. The third-order valence-electron chi connectivity index (χ3n) is 1.46. The minimum absolute atomic E-state index is 0.236. The van der Waals surface area contributed by atoms with Gasteiger partial charge in [-0.15, -0.1) is 0 Å². The van der Waals surface area contributed by atoms with Gasteiger partial charge in [-0.05, 0) is 30.8 Å². The minimum Gasteiger partial charge on any atom is -0.362 e. The van der Waals surface area contributed by atoms with E-state index in [2.05, 4.69) is 11.9 Å². The standard InChI is InChI=1S/C9H10FN/c1-3-11-9-6-8(10)5-4-7(9)2/h3-6,11H,1H2,2H3. The lowest BCUT2D eigenvalue weighted by atomic mass is 10.2. The van der Waals surface area contributed by atoms with Gasteiger partial charge in [0.05, 0.1) is 0 Å². The summed E-state index contributed by atoms with van der Waals surface area (Å²) >= 11 is 0. The van der Waals surface area contributed by atoms with Crippen molar-refractivity contribution in [2.75, 3.05) is 5.32 Å². The van der Waals surface area contributed by atoms with E-state index in [9.17, 15) is 4.39 Å². The van der Waals surface area contributed by atoms with Crippen LogP contribution in [-0.2, 0) is 0 Å². The molecule has 1 N–H and O–H groups in total.